The lowest BCUT2D eigenvalue weighted by atomic mass is 10.3. The molecule has 0 unspecified atom stereocenters. The van der Waals surface area contributed by atoms with Crippen LogP contribution >= 0.6 is 11.8 Å². The SMILES string of the molecule is NCc1cccnc1Sc1cnccn1. The van der Waals surface area contributed by atoms with Crippen molar-refractivity contribution in [1.29, 1.82) is 0 Å². The van der Waals surface area contributed by atoms with Gasteiger partial charge in [-0.05, 0) is 23.4 Å². The summed E-state index contributed by atoms with van der Waals surface area (Å²) in [5.41, 5.74) is 6.64. The summed E-state index contributed by atoms with van der Waals surface area (Å²) in [6.07, 6.45) is 6.76. The van der Waals surface area contributed by atoms with E-state index in [4.69, 9.17) is 5.73 Å². The van der Waals surface area contributed by atoms with Crippen molar-refractivity contribution in [1.82, 2.24) is 15.0 Å². The van der Waals surface area contributed by atoms with Crippen LogP contribution in [0.3, 0.4) is 0 Å². The van der Waals surface area contributed by atoms with Gasteiger partial charge in [-0.3, -0.25) is 4.98 Å². The highest BCUT2D eigenvalue weighted by atomic mass is 32.2. The third-order valence-electron chi connectivity index (χ3n) is 1.81. The van der Waals surface area contributed by atoms with Gasteiger partial charge in [-0.15, -0.1) is 0 Å². The van der Waals surface area contributed by atoms with Crippen LogP contribution in [0.2, 0.25) is 0 Å². The molecule has 0 aliphatic rings. The Balaban J connectivity index is 2.24. The second-order valence-corrected chi connectivity index (χ2v) is 3.83. The zero-order valence-corrected chi connectivity index (χ0v) is 8.81. The molecule has 0 saturated heterocycles. The third-order valence-corrected chi connectivity index (χ3v) is 2.79. The van der Waals surface area contributed by atoms with E-state index in [9.17, 15) is 0 Å². The highest BCUT2D eigenvalue weighted by Crippen LogP contribution is 2.25. The lowest BCUT2D eigenvalue weighted by Crippen LogP contribution is -1.99. The van der Waals surface area contributed by atoms with Crippen molar-refractivity contribution >= 4 is 11.8 Å². The Labute approximate surface area is 92.0 Å². The molecule has 76 valence electrons. The molecule has 2 aromatic heterocycles. The Morgan fingerprint density at radius 3 is 2.87 bits per heavy atom. The summed E-state index contributed by atoms with van der Waals surface area (Å²) in [6, 6.07) is 3.84. The van der Waals surface area contributed by atoms with Gasteiger partial charge in [-0.25, -0.2) is 9.97 Å². The minimum Gasteiger partial charge on any atom is -0.326 e. The normalized spacial score (nSPS) is 10.2. The minimum absolute atomic E-state index is 0.483. The second-order valence-electron chi connectivity index (χ2n) is 2.82. The van der Waals surface area contributed by atoms with Crippen LogP contribution in [-0.4, -0.2) is 15.0 Å². The average molecular weight is 218 g/mol. The molecule has 0 aliphatic heterocycles. The van der Waals surface area contributed by atoms with Crippen molar-refractivity contribution in [3.8, 4) is 0 Å². The van der Waals surface area contributed by atoms with Gasteiger partial charge in [-0.1, -0.05) is 6.07 Å². The first-order chi connectivity index (χ1) is 7.40. The van der Waals surface area contributed by atoms with E-state index in [1.807, 2.05) is 12.1 Å². The van der Waals surface area contributed by atoms with Crippen molar-refractivity contribution in [2.75, 3.05) is 0 Å². The van der Waals surface area contributed by atoms with Crippen molar-refractivity contribution in [3.05, 3.63) is 42.5 Å². The van der Waals surface area contributed by atoms with Crippen LogP contribution in [0.5, 0.6) is 0 Å². The maximum absolute atomic E-state index is 5.61. The number of rotatable bonds is 3. The van der Waals surface area contributed by atoms with Crippen molar-refractivity contribution < 1.29 is 0 Å². The van der Waals surface area contributed by atoms with E-state index < -0.39 is 0 Å². The summed E-state index contributed by atoms with van der Waals surface area (Å²) >= 11 is 1.47. The molecule has 0 saturated carbocycles. The molecule has 0 bridgehead atoms. The van der Waals surface area contributed by atoms with E-state index >= 15 is 0 Å². The van der Waals surface area contributed by atoms with E-state index in [0.29, 0.717) is 6.54 Å². The molecule has 0 amide bonds. The monoisotopic (exact) mass is 218 g/mol. The molecule has 2 rings (SSSR count). The van der Waals surface area contributed by atoms with Crippen LogP contribution in [0.25, 0.3) is 0 Å². The van der Waals surface area contributed by atoms with E-state index in [2.05, 4.69) is 15.0 Å². The van der Waals surface area contributed by atoms with Gasteiger partial charge in [0.05, 0.1) is 6.20 Å². The van der Waals surface area contributed by atoms with Crippen LogP contribution in [0.15, 0.2) is 47.0 Å². The Hall–Kier alpha value is -1.46. The molecule has 2 heterocycles. The highest BCUT2D eigenvalue weighted by molar-refractivity contribution is 7.99. The average Bonchev–Trinajstić information content (AvgIpc) is 2.31. The number of hydrogen-bond donors (Lipinski definition) is 1. The van der Waals surface area contributed by atoms with Crippen molar-refractivity contribution in [2.45, 2.75) is 16.6 Å². The molecule has 5 heteroatoms. The maximum Gasteiger partial charge on any atom is 0.121 e. The minimum atomic E-state index is 0.483. The topological polar surface area (TPSA) is 64.7 Å². The number of hydrogen-bond acceptors (Lipinski definition) is 5. The fourth-order valence-electron chi connectivity index (χ4n) is 1.11. The van der Waals surface area contributed by atoms with Gasteiger partial charge < -0.3 is 5.73 Å². The standard InChI is InChI=1S/C10H10N4S/c11-6-8-2-1-3-14-10(8)15-9-7-12-4-5-13-9/h1-5,7H,6,11H2. The summed E-state index contributed by atoms with van der Waals surface area (Å²) in [7, 11) is 0. The van der Waals surface area contributed by atoms with Crippen molar-refractivity contribution in [2.24, 2.45) is 5.73 Å². The summed E-state index contributed by atoms with van der Waals surface area (Å²) < 4.78 is 0. The predicted octanol–water partition coefficient (Wildman–Crippen LogP) is 1.48. The van der Waals surface area contributed by atoms with Crippen molar-refractivity contribution in [3.63, 3.8) is 0 Å². The summed E-state index contributed by atoms with van der Waals surface area (Å²) in [6.45, 7) is 0.483. The van der Waals surface area contributed by atoms with Gasteiger partial charge in [0.25, 0.3) is 0 Å². The fourth-order valence-corrected chi connectivity index (χ4v) is 1.93. The first-order valence-electron chi connectivity index (χ1n) is 4.48. The van der Waals surface area contributed by atoms with Crippen LogP contribution in [0, 0.1) is 0 Å². The number of nitrogens with two attached hydrogens (primary N) is 1. The van der Waals surface area contributed by atoms with Crippen LogP contribution in [0.4, 0.5) is 0 Å². The Kier molecular flexibility index (Phi) is 3.26. The summed E-state index contributed by atoms with van der Waals surface area (Å²) in [5.74, 6) is 0. The molecule has 0 fully saturated rings. The van der Waals surface area contributed by atoms with E-state index in [-0.39, 0.29) is 0 Å². The van der Waals surface area contributed by atoms with Gasteiger partial charge in [0.1, 0.15) is 10.1 Å². The summed E-state index contributed by atoms with van der Waals surface area (Å²) in [5, 5.41) is 1.71. The Morgan fingerprint density at radius 1 is 1.20 bits per heavy atom. The molecule has 0 atom stereocenters. The lowest BCUT2D eigenvalue weighted by molar-refractivity contribution is 0.956. The van der Waals surface area contributed by atoms with Gasteiger partial charge in [0.15, 0.2) is 0 Å². The maximum atomic E-state index is 5.61. The Morgan fingerprint density at radius 2 is 2.13 bits per heavy atom. The highest BCUT2D eigenvalue weighted by Gasteiger charge is 2.04. The largest absolute Gasteiger partial charge is 0.326 e. The number of nitrogens with zero attached hydrogens (tertiary/aromatic N) is 3. The molecule has 0 spiro atoms. The lowest BCUT2D eigenvalue weighted by Gasteiger charge is -2.04. The molecule has 15 heavy (non-hydrogen) atoms. The third kappa shape index (κ3) is 2.51. The van der Waals surface area contributed by atoms with E-state index in [0.717, 1.165) is 15.6 Å². The van der Waals surface area contributed by atoms with Crippen LogP contribution in [-0.2, 0) is 6.54 Å². The fraction of sp³-hybridized carbons (Fsp3) is 0.100. The molecule has 0 radical (unpaired) electrons. The number of aromatic nitrogens is 3. The van der Waals surface area contributed by atoms with Gasteiger partial charge in [-0.2, -0.15) is 0 Å². The second kappa shape index (κ2) is 4.86. The number of pyridine rings is 1. The zero-order chi connectivity index (χ0) is 10.5. The first-order valence-corrected chi connectivity index (χ1v) is 5.29. The first kappa shape index (κ1) is 10.1. The zero-order valence-electron chi connectivity index (χ0n) is 8.00. The van der Waals surface area contributed by atoms with Gasteiger partial charge >= 0.3 is 0 Å². The summed E-state index contributed by atoms with van der Waals surface area (Å²) in [4.78, 5) is 12.4. The van der Waals surface area contributed by atoms with Crippen LogP contribution in [0.1, 0.15) is 5.56 Å². The molecule has 2 N–H and O–H groups in total. The van der Waals surface area contributed by atoms with E-state index in [1.165, 1.54) is 11.8 Å². The predicted molar refractivity (Wildman–Crippen MR) is 58.3 cm³/mol. The molecular weight excluding hydrogens is 208 g/mol. The quantitative estimate of drug-likeness (QED) is 0.845. The van der Waals surface area contributed by atoms with Gasteiger partial charge in [0.2, 0.25) is 0 Å². The van der Waals surface area contributed by atoms with Crippen LogP contribution < -0.4 is 5.73 Å². The molecule has 0 aromatic carbocycles. The van der Waals surface area contributed by atoms with E-state index in [1.54, 1.807) is 24.8 Å². The molecule has 4 nitrogen and oxygen atoms in total. The Bertz CT molecular complexity index is 432. The molecule has 2 aromatic rings. The smallest absolute Gasteiger partial charge is 0.121 e. The van der Waals surface area contributed by atoms with Gasteiger partial charge in [0, 0.05) is 25.1 Å². The molecular formula is C10H10N4S. The molecule has 0 aliphatic carbocycles.